The minimum atomic E-state index is 1.17. The molecule has 1 aliphatic rings. The Kier molecular flexibility index (Phi) is 11.4. The summed E-state index contributed by atoms with van der Waals surface area (Å²) < 4.78 is 0. The quantitative estimate of drug-likeness (QED) is 0.520. The third-order valence-corrected chi connectivity index (χ3v) is 2.10. The van der Waals surface area contributed by atoms with Gasteiger partial charge in [0.15, 0.2) is 0 Å². The Bertz CT molecular complexity index is 136. The van der Waals surface area contributed by atoms with Crippen LogP contribution in [-0.2, 0) is 0 Å². The van der Waals surface area contributed by atoms with Gasteiger partial charge in [0, 0.05) is 13.1 Å². The predicted octanol–water partition coefficient (Wildman–Crippen LogP) is 3.71. The zero-order valence-corrected chi connectivity index (χ0v) is 10.6. The van der Waals surface area contributed by atoms with Gasteiger partial charge in [-0.2, -0.15) is 0 Å². The predicted molar refractivity (Wildman–Crippen MR) is 63.2 cm³/mol. The van der Waals surface area contributed by atoms with Gasteiger partial charge in [-0.3, -0.25) is 0 Å². The van der Waals surface area contributed by atoms with Crippen LogP contribution in [0.1, 0.15) is 48.0 Å². The van der Waals surface area contributed by atoms with Crippen molar-refractivity contribution in [1.82, 2.24) is 4.90 Å². The van der Waals surface area contributed by atoms with Gasteiger partial charge in [0.05, 0.1) is 0 Å². The molecule has 0 saturated heterocycles. The van der Waals surface area contributed by atoms with Gasteiger partial charge >= 0.3 is 0 Å². The molecule has 0 aromatic carbocycles. The first-order valence-electron chi connectivity index (χ1n) is 5.54. The Labute approximate surface area is 84.8 Å². The second-order valence-electron chi connectivity index (χ2n) is 3.05. The van der Waals surface area contributed by atoms with E-state index in [1.165, 1.54) is 19.5 Å². The Balaban J connectivity index is 0. The largest absolute Gasteiger partial charge is 0.302 e. The summed E-state index contributed by atoms with van der Waals surface area (Å²) in [6.45, 7) is 14.9. The molecule has 0 unspecified atom stereocenters. The molecule has 0 aliphatic carbocycles. The molecule has 0 bridgehead atoms. The first kappa shape index (κ1) is 15.2. The van der Waals surface area contributed by atoms with Crippen LogP contribution < -0.4 is 0 Å². The Morgan fingerprint density at radius 3 is 1.69 bits per heavy atom. The maximum absolute atomic E-state index is 2.36. The van der Waals surface area contributed by atoms with Gasteiger partial charge in [-0.1, -0.05) is 38.8 Å². The summed E-state index contributed by atoms with van der Waals surface area (Å²) in [6.07, 6.45) is 1.27. The van der Waals surface area contributed by atoms with Crippen molar-refractivity contribution in [1.29, 1.82) is 0 Å². The van der Waals surface area contributed by atoms with Crippen LogP contribution in [0, 0.1) is 0 Å². The summed E-state index contributed by atoms with van der Waals surface area (Å²) in [5.74, 6) is 0. The van der Waals surface area contributed by atoms with Crippen LogP contribution in [0.4, 0.5) is 0 Å². The van der Waals surface area contributed by atoms with Gasteiger partial charge in [-0.25, -0.2) is 0 Å². The fourth-order valence-corrected chi connectivity index (χ4v) is 1.19. The van der Waals surface area contributed by atoms with Crippen molar-refractivity contribution in [3.05, 3.63) is 11.1 Å². The first-order chi connectivity index (χ1) is 6.20. The van der Waals surface area contributed by atoms with E-state index in [0.717, 1.165) is 0 Å². The van der Waals surface area contributed by atoms with Gasteiger partial charge in [0.1, 0.15) is 0 Å². The molecular weight excluding hydrogens is 158 g/mol. The summed E-state index contributed by atoms with van der Waals surface area (Å²) in [6, 6.07) is 0. The highest BCUT2D eigenvalue weighted by atomic mass is 15.1. The molecule has 0 atom stereocenters. The Hall–Kier alpha value is -0.300. The maximum Gasteiger partial charge on any atom is 0.0189 e. The van der Waals surface area contributed by atoms with E-state index in [1.54, 1.807) is 11.1 Å². The molecule has 1 aliphatic heterocycles. The first-order valence-corrected chi connectivity index (χ1v) is 5.54. The minimum Gasteiger partial charge on any atom is -0.302 e. The van der Waals surface area contributed by atoms with Crippen LogP contribution >= 0.6 is 0 Å². The van der Waals surface area contributed by atoms with E-state index in [1.807, 2.05) is 27.7 Å². The Morgan fingerprint density at radius 1 is 0.923 bits per heavy atom. The molecule has 0 radical (unpaired) electrons. The fourth-order valence-electron chi connectivity index (χ4n) is 1.19. The van der Waals surface area contributed by atoms with Gasteiger partial charge in [-0.05, 0) is 27.3 Å². The van der Waals surface area contributed by atoms with E-state index in [4.69, 9.17) is 0 Å². The van der Waals surface area contributed by atoms with Crippen LogP contribution in [0.25, 0.3) is 0 Å². The van der Waals surface area contributed by atoms with E-state index < -0.39 is 0 Å². The number of likely N-dealkylation sites (N-methyl/N-ethyl adjacent to an activating group) is 1. The lowest BCUT2D eigenvalue weighted by Crippen LogP contribution is -2.26. The third kappa shape index (κ3) is 6.83. The lowest BCUT2D eigenvalue weighted by Gasteiger charge is -2.24. The molecular formula is C12H27N. The molecule has 0 spiro atoms. The summed E-state index contributed by atoms with van der Waals surface area (Å²) in [5, 5.41) is 0. The van der Waals surface area contributed by atoms with Crippen LogP contribution in [0.2, 0.25) is 0 Å². The molecule has 0 amide bonds. The summed E-state index contributed by atoms with van der Waals surface area (Å²) >= 11 is 0. The number of hydrogen-bond acceptors (Lipinski definition) is 1. The van der Waals surface area contributed by atoms with Crippen molar-refractivity contribution in [2.45, 2.75) is 48.0 Å². The lowest BCUT2D eigenvalue weighted by atomic mass is 10.0. The monoisotopic (exact) mass is 185 g/mol. The van der Waals surface area contributed by atoms with Crippen molar-refractivity contribution in [2.75, 3.05) is 20.1 Å². The van der Waals surface area contributed by atoms with Gasteiger partial charge in [0.2, 0.25) is 0 Å². The van der Waals surface area contributed by atoms with Crippen molar-refractivity contribution < 1.29 is 0 Å². The molecule has 0 aromatic rings. The minimum absolute atomic E-state index is 1.17. The highest BCUT2D eigenvalue weighted by molar-refractivity contribution is 5.14. The number of hydrogen-bond donors (Lipinski definition) is 0. The number of rotatable bonds is 0. The van der Waals surface area contributed by atoms with Crippen molar-refractivity contribution in [3.8, 4) is 0 Å². The van der Waals surface area contributed by atoms with Crippen LogP contribution in [0.3, 0.4) is 0 Å². The van der Waals surface area contributed by atoms with Crippen LogP contribution in [-0.4, -0.2) is 25.0 Å². The molecule has 1 heterocycles. The van der Waals surface area contributed by atoms with E-state index in [2.05, 4.69) is 25.8 Å². The van der Waals surface area contributed by atoms with Gasteiger partial charge < -0.3 is 4.90 Å². The Morgan fingerprint density at radius 2 is 1.38 bits per heavy atom. The molecule has 0 fully saturated rings. The van der Waals surface area contributed by atoms with E-state index in [-0.39, 0.29) is 0 Å². The molecule has 1 nitrogen and oxygen atoms in total. The van der Waals surface area contributed by atoms with E-state index in [9.17, 15) is 0 Å². The standard InChI is InChI=1S/C8H15N.2C2H6/c1-7-4-5-9(3)6-8(7)2;2*1-2/h4-6H2,1-3H3;2*1-2H3. The summed E-state index contributed by atoms with van der Waals surface area (Å²) in [4.78, 5) is 2.36. The topological polar surface area (TPSA) is 3.24 Å². The highest BCUT2D eigenvalue weighted by Crippen LogP contribution is 2.14. The van der Waals surface area contributed by atoms with Crippen molar-refractivity contribution >= 4 is 0 Å². The zero-order chi connectivity index (χ0) is 10.9. The molecule has 1 heteroatoms. The van der Waals surface area contributed by atoms with Crippen LogP contribution in [0.5, 0.6) is 0 Å². The van der Waals surface area contributed by atoms with Gasteiger partial charge in [-0.15, -0.1) is 0 Å². The molecule has 0 N–H and O–H groups in total. The SMILES string of the molecule is CC.CC.CC1=C(C)CN(C)CC1. The maximum atomic E-state index is 2.36. The van der Waals surface area contributed by atoms with E-state index >= 15 is 0 Å². The van der Waals surface area contributed by atoms with E-state index in [0.29, 0.717) is 0 Å². The summed E-state index contributed by atoms with van der Waals surface area (Å²) in [7, 11) is 2.18. The van der Waals surface area contributed by atoms with Gasteiger partial charge in [0.25, 0.3) is 0 Å². The highest BCUT2D eigenvalue weighted by Gasteiger charge is 2.08. The van der Waals surface area contributed by atoms with Crippen molar-refractivity contribution in [2.24, 2.45) is 0 Å². The molecule has 13 heavy (non-hydrogen) atoms. The number of nitrogens with zero attached hydrogens (tertiary/aromatic N) is 1. The second kappa shape index (κ2) is 9.79. The fraction of sp³-hybridized carbons (Fsp3) is 0.833. The molecule has 0 saturated carbocycles. The zero-order valence-electron chi connectivity index (χ0n) is 10.6. The average Bonchev–Trinajstić information content (AvgIpc) is 2.18. The average molecular weight is 185 g/mol. The third-order valence-electron chi connectivity index (χ3n) is 2.10. The van der Waals surface area contributed by atoms with Crippen molar-refractivity contribution in [3.63, 3.8) is 0 Å². The van der Waals surface area contributed by atoms with Crippen LogP contribution in [0.15, 0.2) is 11.1 Å². The second-order valence-corrected chi connectivity index (χ2v) is 3.05. The molecule has 0 aromatic heterocycles. The molecule has 80 valence electrons. The smallest absolute Gasteiger partial charge is 0.0189 e. The lowest BCUT2D eigenvalue weighted by molar-refractivity contribution is 0.348. The molecule has 1 rings (SSSR count). The normalized spacial score (nSPS) is 16.8. The summed E-state index contributed by atoms with van der Waals surface area (Å²) in [5.41, 5.74) is 3.15.